The lowest BCUT2D eigenvalue weighted by Crippen LogP contribution is -2.22. The van der Waals surface area contributed by atoms with Crippen LogP contribution in [-0.2, 0) is 9.68 Å². The Balaban J connectivity index is 3.29. The van der Waals surface area contributed by atoms with E-state index >= 15 is 0 Å². The van der Waals surface area contributed by atoms with E-state index in [1.54, 1.807) is 0 Å². The van der Waals surface area contributed by atoms with Crippen molar-refractivity contribution in [3.8, 4) is 0 Å². The standard InChI is InChI=1S/C5H12N2O2/c1-3-8-7(5-6)9-4-2/h5-6H,3-4H2,1-2H3. The molecule has 9 heavy (non-hydrogen) atoms. The predicted molar refractivity (Wildman–Crippen MR) is 33.9 cm³/mol. The van der Waals surface area contributed by atoms with Crippen molar-refractivity contribution in [2.75, 3.05) is 13.2 Å². The second-order valence-corrected chi connectivity index (χ2v) is 1.25. The van der Waals surface area contributed by atoms with Gasteiger partial charge in [0.25, 0.3) is 0 Å². The van der Waals surface area contributed by atoms with Crippen LogP contribution in [0.4, 0.5) is 0 Å². The molecule has 0 aliphatic carbocycles. The van der Waals surface area contributed by atoms with Crippen LogP contribution in [-0.4, -0.2) is 24.8 Å². The summed E-state index contributed by atoms with van der Waals surface area (Å²) in [5, 5.41) is 7.75. The predicted octanol–water partition coefficient (Wildman–Crippen LogP) is 0.798. The van der Waals surface area contributed by atoms with E-state index in [4.69, 9.17) is 15.1 Å². The van der Waals surface area contributed by atoms with Crippen LogP contribution in [0, 0.1) is 5.41 Å². The Kier molecular flexibility index (Phi) is 5.15. The molecule has 0 radical (unpaired) electrons. The summed E-state index contributed by atoms with van der Waals surface area (Å²) in [6.07, 6.45) is 0.979. The fourth-order valence-corrected chi connectivity index (χ4v) is 0.366. The van der Waals surface area contributed by atoms with E-state index in [2.05, 4.69) is 0 Å². The molecule has 0 saturated heterocycles. The fourth-order valence-electron chi connectivity index (χ4n) is 0.366. The molecule has 0 atom stereocenters. The molecule has 0 fully saturated rings. The van der Waals surface area contributed by atoms with Gasteiger partial charge in [-0.1, -0.05) is 0 Å². The average molecular weight is 132 g/mol. The molecule has 0 aliphatic heterocycles. The van der Waals surface area contributed by atoms with E-state index in [1.807, 2.05) is 13.8 Å². The van der Waals surface area contributed by atoms with Crippen LogP contribution in [0.25, 0.3) is 0 Å². The first-order valence-electron chi connectivity index (χ1n) is 2.90. The Morgan fingerprint density at radius 1 is 1.33 bits per heavy atom. The van der Waals surface area contributed by atoms with Gasteiger partial charge < -0.3 is 0 Å². The first-order chi connectivity index (χ1) is 4.35. The molecule has 4 nitrogen and oxygen atoms in total. The van der Waals surface area contributed by atoms with Crippen LogP contribution in [0.3, 0.4) is 0 Å². The van der Waals surface area contributed by atoms with Crippen molar-refractivity contribution in [1.29, 1.82) is 5.41 Å². The number of hydrogen-bond acceptors (Lipinski definition) is 3. The molecular weight excluding hydrogens is 120 g/mol. The maximum absolute atomic E-state index is 6.72. The first-order valence-corrected chi connectivity index (χ1v) is 2.90. The molecule has 0 rings (SSSR count). The third kappa shape index (κ3) is 3.93. The largest absolute Gasteiger partial charge is 0.287 e. The highest BCUT2D eigenvalue weighted by atomic mass is 16.9. The highest BCUT2D eigenvalue weighted by Gasteiger charge is 1.93. The molecule has 0 bridgehead atoms. The smallest absolute Gasteiger partial charge is 0.139 e. The second kappa shape index (κ2) is 5.53. The Morgan fingerprint density at radius 3 is 2.00 bits per heavy atom. The molecule has 0 saturated carbocycles. The van der Waals surface area contributed by atoms with Crippen molar-refractivity contribution in [3.63, 3.8) is 0 Å². The molecule has 0 aliphatic rings. The average Bonchev–Trinajstić information content (AvgIpc) is 1.88. The van der Waals surface area contributed by atoms with Crippen molar-refractivity contribution >= 4 is 6.34 Å². The highest BCUT2D eigenvalue weighted by molar-refractivity contribution is 5.46. The fraction of sp³-hybridized carbons (Fsp3) is 0.800. The molecule has 0 heterocycles. The van der Waals surface area contributed by atoms with E-state index in [9.17, 15) is 0 Å². The van der Waals surface area contributed by atoms with Crippen molar-refractivity contribution in [2.24, 2.45) is 0 Å². The molecule has 4 heteroatoms. The summed E-state index contributed by atoms with van der Waals surface area (Å²) in [6.45, 7) is 4.68. The minimum Gasteiger partial charge on any atom is -0.287 e. The summed E-state index contributed by atoms with van der Waals surface area (Å²) >= 11 is 0. The summed E-state index contributed by atoms with van der Waals surface area (Å²) in [7, 11) is 0. The van der Waals surface area contributed by atoms with E-state index in [1.165, 1.54) is 0 Å². The van der Waals surface area contributed by atoms with Gasteiger partial charge in [0.15, 0.2) is 0 Å². The van der Waals surface area contributed by atoms with Gasteiger partial charge in [-0.3, -0.25) is 5.41 Å². The van der Waals surface area contributed by atoms with Crippen LogP contribution in [0.15, 0.2) is 0 Å². The molecule has 1 N–H and O–H groups in total. The third-order valence-corrected chi connectivity index (χ3v) is 0.618. The Labute approximate surface area is 54.8 Å². The van der Waals surface area contributed by atoms with Gasteiger partial charge in [0.1, 0.15) is 6.34 Å². The molecule has 0 amide bonds. The molecule has 0 aromatic carbocycles. The normalized spacial score (nSPS) is 9.11. The van der Waals surface area contributed by atoms with Crippen LogP contribution in [0.5, 0.6) is 0 Å². The van der Waals surface area contributed by atoms with Crippen molar-refractivity contribution < 1.29 is 9.68 Å². The van der Waals surface area contributed by atoms with Crippen molar-refractivity contribution in [2.45, 2.75) is 13.8 Å². The van der Waals surface area contributed by atoms with Gasteiger partial charge >= 0.3 is 0 Å². The summed E-state index contributed by atoms with van der Waals surface area (Å²) in [5.41, 5.74) is 0. The zero-order chi connectivity index (χ0) is 7.11. The third-order valence-electron chi connectivity index (χ3n) is 0.618. The molecule has 0 aromatic rings. The summed E-state index contributed by atoms with van der Waals surface area (Å²) < 4.78 is 0. The van der Waals surface area contributed by atoms with Crippen molar-refractivity contribution in [3.05, 3.63) is 0 Å². The van der Waals surface area contributed by atoms with Gasteiger partial charge in [-0.25, -0.2) is 9.68 Å². The van der Waals surface area contributed by atoms with Gasteiger partial charge in [0.05, 0.1) is 13.2 Å². The monoisotopic (exact) mass is 132 g/mol. The quantitative estimate of drug-likeness (QED) is 0.342. The van der Waals surface area contributed by atoms with Crippen LogP contribution < -0.4 is 0 Å². The number of hydrogen-bond donors (Lipinski definition) is 1. The topological polar surface area (TPSA) is 45.5 Å². The number of nitrogens with zero attached hydrogens (tertiary/aromatic N) is 1. The van der Waals surface area contributed by atoms with Gasteiger partial charge in [-0.05, 0) is 13.8 Å². The SMILES string of the molecule is CCON(C=N)OCC. The Bertz CT molecular complexity index is 71.4. The molecular formula is C5H12N2O2. The first kappa shape index (κ1) is 8.39. The molecule has 54 valence electrons. The summed E-state index contributed by atoms with van der Waals surface area (Å²) in [5.74, 6) is 0. The van der Waals surface area contributed by atoms with E-state index < -0.39 is 0 Å². The van der Waals surface area contributed by atoms with Crippen LogP contribution >= 0.6 is 0 Å². The van der Waals surface area contributed by atoms with Crippen LogP contribution in [0.1, 0.15) is 13.8 Å². The van der Waals surface area contributed by atoms with Gasteiger partial charge in [-0.2, -0.15) is 0 Å². The zero-order valence-corrected chi connectivity index (χ0v) is 5.76. The number of hydroxylamine groups is 2. The maximum atomic E-state index is 6.72. The van der Waals surface area contributed by atoms with E-state index in [0.29, 0.717) is 13.2 Å². The lowest BCUT2D eigenvalue weighted by molar-refractivity contribution is -0.308. The number of rotatable bonds is 5. The lowest BCUT2D eigenvalue weighted by atomic mass is 10.9. The van der Waals surface area contributed by atoms with Gasteiger partial charge in [0, 0.05) is 0 Å². The highest BCUT2D eigenvalue weighted by Crippen LogP contribution is 1.85. The lowest BCUT2D eigenvalue weighted by Gasteiger charge is -2.14. The summed E-state index contributed by atoms with van der Waals surface area (Å²) in [4.78, 5) is 9.60. The molecule has 0 aromatic heterocycles. The van der Waals surface area contributed by atoms with Gasteiger partial charge in [-0.15, -0.1) is 5.23 Å². The number of nitrogens with one attached hydrogen (secondary N) is 1. The van der Waals surface area contributed by atoms with Gasteiger partial charge in [0.2, 0.25) is 0 Å². The Hall–Kier alpha value is -0.610. The zero-order valence-electron chi connectivity index (χ0n) is 5.76. The second-order valence-electron chi connectivity index (χ2n) is 1.25. The minimum absolute atomic E-state index is 0.509. The van der Waals surface area contributed by atoms with E-state index in [0.717, 1.165) is 11.6 Å². The Morgan fingerprint density at radius 2 is 1.78 bits per heavy atom. The van der Waals surface area contributed by atoms with Crippen molar-refractivity contribution in [1.82, 2.24) is 5.23 Å². The summed E-state index contributed by atoms with van der Waals surface area (Å²) in [6, 6.07) is 0. The van der Waals surface area contributed by atoms with E-state index in [-0.39, 0.29) is 0 Å². The molecule has 0 unspecified atom stereocenters. The maximum Gasteiger partial charge on any atom is 0.139 e. The minimum atomic E-state index is 0.509. The molecule has 0 spiro atoms. The van der Waals surface area contributed by atoms with Crippen LogP contribution in [0.2, 0.25) is 0 Å².